The number of hydrogen-bond acceptors (Lipinski definition) is 8. The van der Waals surface area contributed by atoms with Crippen LogP contribution in [0.1, 0.15) is 9.67 Å². The lowest BCUT2D eigenvalue weighted by Crippen LogP contribution is -2.44. The van der Waals surface area contributed by atoms with Gasteiger partial charge in [0.2, 0.25) is 0 Å². The van der Waals surface area contributed by atoms with Crippen molar-refractivity contribution in [1.82, 2.24) is 9.88 Å². The Morgan fingerprint density at radius 3 is 2.67 bits per heavy atom. The van der Waals surface area contributed by atoms with Gasteiger partial charge in [0.05, 0.1) is 20.0 Å². The number of carbonyl (C=O) groups excluding carboxylic acids is 1. The van der Waals surface area contributed by atoms with Crippen LogP contribution in [0.2, 0.25) is 0 Å². The van der Waals surface area contributed by atoms with E-state index in [1.807, 2.05) is 12.1 Å². The molecule has 3 heterocycles. The highest BCUT2D eigenvalue weighted by atomic mass is 32.1. The number of fused-ring (bicyclic) bond motifs is 1. The number of benzene rings is 1. The summed E-state index contributed by atoms with van der Waals surface area (Å²) in [6, 6.07) is 8.39. The molecule has 1 aliphatic heterocycles. The smallest absolute Gasteiger partial charge is 0.324 e. The molecule has 4 rings (SSSR count). The second-order valence-corrected chi connectivity index (χ2v) is 8.39. The average Bonchev–Trinajstić information content (AvgIpc) is 3.29. The summed E-state index contributed by atoms with van der Waals surface area (Å²) in [6.07, 6.45) is 0. The third kappa shape index (κ3) is 3.77. The van der Waals surface area contributed by atoms with E-state index in [2.05, 4.69) is 22.2 Å². The minimum Gasteiger partial charge on any atom is -0.345 e. The Balaban J connectivity index is 1.51. The Morgan fingerprint density at radius 1 is 1.19 bits per heavy atom. The van der Waals surface area contributed by atoms with Gasteiger partial charge in [-0.25, -0.2) is 4.98 Å². The van der Waals surface area contributed by atoms with Crippen molar-refractivity contribution < 1.29 is 9.72 Å². The van der Waals surface area contributed by atoms with E-state index >= 15 is 0 Å². The minimum atomic E-state index is -0.495. The van der Waals surface area contributed by atoms with Crippen molar-refractivity contribution in [2.45, 2.75) is 0 Å². The number of carbonyl (C=O) groups is 1. The fraction of sp³-hybridized carbons (Fsp3) is 0.294. The van der Waals surface area contributed by atoms with Gasteiger partial charge in [-0.1, -0.05) is 22.7 Å². The maximum Gasteiger partial charge on any atom is 0.324 e. The van der Waals surface area contributed by atoms with Gasteiger partial charge in [0.15, 0.2) is 5.13 Å². The largest absolute Gasteiger partial charge is 0.345 e. The molecule has 1 aromatic carbocycles. The number of hydrogen-bond donors (Lipinski definition) is 1. The van der Waals surface area contributed by atoms with Crippen molar-refractivity contribution in [3.63, 3.8) is 0 Å². The number of anilines is 2. The molecular formula is C17H17N5O3S2. The zero-order valence-electron chi connectivity index (χ0n) is 14.5. The van der Waals surface area contributed by atoms with E-state index in [4.69, 9.17) is 4.98 Å². The van der Waals surface area contributed by atoms with Crippen LogP contribution in [0.3, 0.4) is 0 Å². The number of thiazole rings is 1. The standard InChI is InChI=1S/C17H17N5O3S2/c1-20-6-8-21(9-7-20)17-19-12-3-2-11(10-14(12)27-17)18-16(23)13-4-5-15(26-13)22(24)25/h2-5,10H,6-9H2,1H3,(H,18,23). The zero-order valence-corrected chi connectivity index (χ0v) is 16.2. The lowest BCUT2D eigenvalue weighted by Gasteiger charge is -2.31. The van der Waals surface area contributed by atoms with Crippen LogP contribution in [-0.4, -0.2) is 53.9 Å². The number of nitrogens with zero attached hydrogens (tertiary/aromatic N) is 4. The summed E-state index contributed by atoms with van der Waals surface area (Å²) in [5.74, 6) is -0.351. The van der Waals surface area contributed by atoms with Crippen molar-refractivity contribution in [3.05, 3.63) is 45.3 Å². The third-order valence-corrected chi connectivity index (χ3v) is 6.52. The van der Waals surface area contributed by atoms with Gasteiger partial charge in [0, 0.05) is 37.9 Å². The highest BCUT2D eigenvalue weighted by Gasteiger charge is 2.18. The first kappa shape index (κ1) is 17.8. The molecule has 3 aromatic rings. The van der Waals surface area contributed by atoms with Gasteiger partial charge in [0.25, 0.3) is 5.91 Å². The van der Waals surface area contributed by atoms with Crippen molar-refractivity contribution in [2.75, 3.05) is 43.4 Å². The first-order valence-electron chi connectivity index (χ1n) is 8.39. The van der Waals surface area contributed by atoms with Crippen molar-refractivity contribution in [3.8, 4) is 0 Å². The molecular weight excluding hydrogens is 386 g/mol. The summed E-state index contributed by atoms with van der Waals surface area (Å²) < 4.78 is 0.999. The monoisotopic (exact) mass is 403 g/mol. The molecule has 0 atom stereocenters. The fourth-order valence-electron chi connectivity index (χ4n) is 2.86. The van der Waals surface area contributed by atoms with Crippen LogP contribution < -0.4 is 10.2 Å². The van der Waals surface area contributed by atoms with E-state index in [0.717, 1.165) is 52.9 Å². The fourth-order valence-corrected chi connectivity index (χ4v) is 4.64. The predicted octanol–water partition coefficient (Wildman–Crippen LogP) is 3.27. The van der Waals surface area contributed by atoms with Gasteiger partial charge in [-0.05, 0) is 31.3 Å². The molecule has 0 saturated carbocycles. The Bertz CT molecular complexity index is 1010. The maximum absolute atomic E-state index is 12.3. The Kier molecular flexibility index (Phi) is 4.77. The first-order valence-corrected chi connectivity index (χ1v) is 10.0. The second-order valence-electron chi connectivity index (χ2n) is 6.32. The highest BCUT2D eigenvalue weighted by Crippen LogP contribution is 2.32. The maximum atomic E-state index is 12.3. The van der Waals surface area contributed by atoms with Crippen LogP contribution in [0.25, 0.3) is 10.2 Å². The van der Waals surface area contributed by atoms with Crippen molar-refractivity contribution in [1.29, 1.82) is 0 Å². The molecule has 10 heteroatoms. The molecule has 8 nitrogen and oxygen atoms in total. The molecule has 1 aliphatic rings. The average molecular weight is 403 g/mol. The summed E-state index contributed by atoms with van der Waals surface area (Å²) in [5, 5.41) is 14.5. The zero-order chi connectivity index (χ0) is 19.0. The van der Waals surface area contributed by atoms with Crippen molar-refractivity contribution in [2.24, 2.45) is 0 Å². The van der Waals surface area contributed by atoms with Gasteiger partial charge in [-0.15, -0.1) is 0 Å². The van der Waals surface area contributed by atoms with Gasteiger partial charge in [-0.2, -0.15) is 0 Å². The number of thiophene rings is 1. The second kappa shape index (κ2) is 7.22. The highest BCUT2D eigenvalue weighted by molar-refractivity contribution is 7.22. The first-order chi connectivity index (χ1) is 13.0. The number of aromatic nitrogens is 1. The summed E-state index contributed by atoms with van der Waals surface area (Å²) in [4.78, 5) is 32.2. The normalized spacial score (nSPS) is 15.2. The van der Waals surface area contributed by atoms with E-state index in [1.54, 1.807) is 17.4 Å². The lowest BCUT2D eigenvalue weighted by atomic mass is 10.3. The van der Waals surface area contributed by atoms with E-state index < -0.39 is 4.92 Å². The third-order valence-electron chi connectivity index (χ3n) is 4.40. The molecule has 0 bridgehead atoms. The Morgan fingerprint density at radius 2 is 1.96 bits per heavy atom. The van der Waals surface area contributed by atoms with Crippen LogP contribution in [0.15, 0.2) is 30.3 Å². The predicted molar refractivity (Wildman–Crippen MR) is 108 cm³/mol. The summed E-state index contributed by atoms with van der Waals surface area (Å²) in [5.41, 5.74) is 1.55. The minimum absolute atomic E-state index is 0.0464. The van der Waals surface area contributed by atoms with Crippen LogP contribution in [0.5, 0.6) is 0 Å². The molecule has 1 amide bonds. The van der Waals surface area contributed by atoms with E-state index in [-0.39, 0.29) is 10.9 Å². The molecule has 0 radical (unpaired) electrons. The van der Waals surface area contributed by atoms with Gasteiger partial charge in [-0.3, -0.25) is 14.9 Å². The lowest BCUT2D eigenvalue weighted by molar-refractivity contribution is -0.380. The van der Waals surface area contributed by atoms with E-state index in [1.165, 1.54) is 12.1 Å². The number of likely N-dealkylation sites (N-methyl/N-ethyl adjacent to an activating group) is 1. The number of nitro groups is 1. The number of amides is 1. The molecule has 1 saturated heterocycles. The quantitative estimate of drug-likeness (QED) is 0.531. The van der Waals surface area contributed by atoms with Crippen molar-refractivity contribution >= 4 is 54.6 Å². The Labute approximate surface area is 163 Å². The molecule has 0 unspecified atom stereocenters. The van der Waals surface area contributed by atoms with Crippen LogP contribution in [0.4, 0.5) is 15.8 Å². The molecule has 2 aromatic heterocycles. The SMILES string of the molecule is CN1CCN(c2nc3ccc(NC(=O)c4ccc([N+](=O)[O-])s4)cc3s2)CC1. The molecule has 27 heavy (non-hydrogen) atoms. The summed E-state index contributed by atoms with van der Waals surface area (Å²) in [6.45, 7) is 3.95. The van der Waals surface area contributed by atoms with Gasteiger partial charge in [0.1, 0.15) is 0 Å². The summed E-state index contributed by atoms with van der Waals surface area (Å²) >= 11 is 2.47. The molecule has 0 aliphatic carbocycles. The molecule has 0 spiro atoms. The van der Waals surface area contributed by atoms with Crippen LogP contribution >= 0.6 is 22.7 Å². The number of rotatable bonds is 4. The molecule has 1 fully saturated rings. The van der Waals surface area contributed by atoms with E-state index in [0.29, 0.717) is 10.6 Å². The van der Waals surface area contributed by atoms with Gasteiger partial charge >= 0.3 is 5.00 Å². The topological polar surface area (TPSA) is 91.6 Å². The number of nitrogens with one attached hydrogen (secondary N) is 1. The molecule has 140 valence electrons. The van der Waals surface area contributed by atoms with Gasteiger partial charge < -0.3 is 15.1 Å². The summed E-state index contributed by atoms with van der Waals surface area (Å²) in [7, 11) is 2.12. The Hall–Kier alpha value is -2.56. The van der Waals surface area contributed by atoms with E-state index in [9.17, 15) is 14.9 Å². The van der Waals surface area contributed by atoms with Crippen LogP contribution in [0, 0.1) is 10.1 Å². The van der Waals surface area contributed by atoms with Crippen LogP contribution in [-0.2, 0) is 0 Å². The molecule has 1 N–H and O–H groups in total. The number of piperazine rings is 1.